The van der Waals surface area contributed by atoms with E-state index in [-0.39, 0.29) is 11.9 Å². The van der Waals surface area contributed by atoms with E-state index >= 15 is 0 Å². The average molecular weight is 465 g/mol. The number of aryl methyl sites for hydroxylation is 2. The van der Waals surface area contributed by atoms with Gasteiger partial charge in [-0.05, 0) is 69.1 Å². The van der Waals surface area contributed by atoms with E-state index < -0.39 is 0 Å². The molecule has 174 valence electrons. The lowest BCUT2D eigenvalue weighted by atomic mass is 10.1. The summed E-state index contributed by atoms with van der Waals surface area (Å²) >= 11 is 0. The fraction of sp³-hybridized carbons (Fsp3) is 0.192. The van der Waals surface area contributed by atoms with Crippen molar-refractivity contribution in [1.29, 1.82) is 0 Å². The SMILES string of the molecule is CNC(C)C(=O)Nc1ccc(-c2c(C)nc3ccccn23)c(C#Cc2nn(C)c3ncccc23)n1. The Morgan fingerprint density at radius 3 is 2.71 bits per heavy atom. The quantitative estimate of drug-likeness (QED) is 0.397. The van der Waals surface area contributed by atoms with E-state index in [9.17, 15) is 4.79 Å². The molecule has 9 heteroatoms. The largest absolute Gasteiger partial charge is 0.309 e. The van der Waals surface area contributed by atoms with E-state index in [0.29, 0.717) is 17.2 Å². The lowest BCUT2D eigenvalue weighted by Gasteiger charge is -2.12. The number of imidazole rings is 1. The number of aromatic nitrogens is 6. The molecule has 0 aromatic carbocycles. The third-order valence-corrected chi connectivity index (χ3v) is 5.83. The highest BCUT2D eigenvalue weighted by molar-refractivity contribution is 5.94. The van der Waals surface area contributed by atoms with Gasteiger partial charge in [0.25, 0.3) is 0 Å². The molecule has 0 bridgehead atoms. The second-order valence-corrected chi connectivity index (χ2v) is 8.16. The van der Waals surface area contributed by atoms with Crippen LogP contribution in [0.3, 0.4) is 0 Å². The van der Waals surface area contributed by atoms with E-state index in [0.717, 1.165) is 33.6 Å². The Labute approximate surface area is 202 Å². The van der Waals surface area contributed by atoms with E-state index in [1.54, 1.807) is 30.9 Å². The standard InChI is InChI=1S/C26H24N8O/c1-16-24(34-15-6-5-9-23(34)29-16)18-10-13-22(31-26(35)17(2)27-3)30-20(18)11-12-21-19-8-7-14-28-25(19)33(4)32-21/h5-10,13-15,17,27H,1-4H3,(H,30,31,35). The number of amides is 1. The molecule has 1 amide bonds. The summed E-state index contributed by atoms with van der Waals surface area (Å²) in [4.78, 5) is 26.2. The summed E-state index contributed by atoms with van der Waals surface area (Å²) in [5.41, 5.74) is 5.27. The molecular formula is C26H24N8O. The number of anilines is 1. The first-order chi connectivity index (χ1) is 17.0. The number of fused-ring (bicyclic) bond motifs is 2. The fourth-order valence-corrected chi connectivity index (χ4v) is 3.92. The molecule has 1 atom stereocenters. The molecule has 5 aromatic heterocycles. The Balaban J connectivity index is 1.66. The van der Waals surface area contributed by atoms with Crippen molar-refractivity contribution in [2.24, 2.45) is 7.05 Å². The maximum Gasteiger partial charge on any atom is 0.242 e. The predicted octanol–water partition coefficient (Wildman–Crippen LogP) is 2.93. The number of hydrogen-bond acceptors (Lipinski definition) is 6. The summed E-state index contributed by atoms with van der Waals surface area (Å²) in [7, 11) is 3.57. The zero-order chi connectivity index (χ0) is 24.5. The highest BCUT2D eigenvalue weighted by Gasteiger charge is 2.17. The van der Waals surface area contributed by atoms with Gasteiger partial charge in [-0.2, -0.15) is 5.10 Å². The molecule has 5 rings (SSSR count). The molecule has 0 aliphatic carbocycles. The minimum absolute atomic E-state index is 0.181. The summed E-state index contributed by atoms with van der Waals surface area (Å²) in [5, 5.41) is 11.2. The van der Waals surface area contributed by atoms with E-state index in [1.807, 2.05) is 61.0 Å². The van der Waals surface area contributed by atoms with Gasteiger partial charge in [0, 0.05) is 25.0 Å². The van der Waals surface area contributed by atoms with Gasteiger partial charge in [-0.15, -0.1) is 0 Å². The Morgan fingerprint density at radius 1 is 1.06 bits per heavy atom. The Kier molecular flexibility index (Phi) is 5.73. The lowest BCUT2D eigenvalue weighted by Crippen LogP contribution is -2.35. The van der Waals surface area contributed by atoms with Crippen molar-refractivity contribution >= 4 is 28.4 Å². The highest BCUT2D eigenvalue weighted by Crippen LogP contribution is 2.28. The molecule has 0 fully saturated rings. The molecule has 0 spiro atoms. The topological polar surface area (TPSA) is 102 Å². The number of nitrogens with zero attached hydrogens (tertiary/aromatic N) is 6. The molecule has 0 radical (unpaired) electrons. The van der Waals surface area contributed by atoms with Crippen molar-refractivity contribution in [2.75, 3.05) is 12.4 Å². The van der Waals surface area contributed by atoms with Crippen LogP contribution in [0, 0.1) is 18.8 Å². The number of hydrogen-bond donors (Lipinski definition) is 2. The van der Waals surface area contributed by atoms with Crippen LogP contribution < -0.4 is 10.6 Å². The third-order valence-electron chi connectivity index (χ3n) is 5.83. The van der Waals surface area contributed by atoms with Crippen LogP contribution in [0.5, 0.6) is 0 Å². The van der Waals surface area contributed by atoms with Crippen LogP contribution in [0.15, 0.2) is 54.9 Å². The molecule has 0 saturated carbocycles. The molecule has 0 aliphatic rings. The number of nitrogens with one attached hydrogen (secondary N) is 2. The summed E-state index contributed by atoms with van der Waals surface area (Å²) in [6, 6.07) is 13.0. The first-order valence-corrected chi connectivity index (χ1v) is 11.2. The van der Waals surface area contributed by atoms with Gasteiger partial charge in [-0.1, -0.05) is 6.07 Å². The summed E-state index contributed by atoms with van der Waals surface area (Å²) < 4.78 is 3.72. The van der Waals surface area contributed by atoms with Gasteiger partial charge in [-0.3, -0.25) is 9.20 Å². The predicted molar refractivity (Wildman–Crippen MR) is 135 cm³/mol. The summed E-state index contributed by atoms with van der Waals surface area (Å²) in [6.45, 7) is 3.74. The molecule has 5 heterocycles. The molecular weight excluding hydrogens is 440 g/mol. The van der Waals surface area contributed by atoms with Gasteiger partial charge in [0.15, 0.2) is 5.65 Å². The molecule has 9 nitrogen and oxygen atoms in total. The van der Waals surface area contributed by atoms with E-state index in [4.69, 9.17) is 4.98 Å². The Morgan fingerprint density at radius 2 is 1.89 bits per heavy atom. The minimum Gasteiger partial charge on any atom is -0.309 e. The van der Waals surface area contributed by atoms with E-state index in [1.165, 1.54) is 0 Å². The van der Waals surface area contributed by atoms with Crippen molar-refractivity contribution in [3.8, 4) is 23.1 Å². The lowest BCUT2D eigenvalue weighted by molar-refractivity contribution is -0.117. The molecule has 2 N–H and O–H groups in total. The van der Waals surface area contributed by atoms with Gasteiger partial charge < -0.3 is 10.6 Å². The highest BCUT2D eigenvalue weighted by atomic mass is 16.2. The molecule has 1 unspecified atom stereocenters. The zero-order valence-corrected chi connectivity index (χ0v) is 19.9. The van der Waals surface area contributed by atoms with Crippen LogP contribution in [-0.4, -0.2) is 48.1 Å². The number of carbonyl (C=O) groups is 1. The number of carbonyl (C=O) groups excluding carboxylic acids is 1. The number of pyridine rings is 3. The summed E-state index contributed by atoms with van der Waals surface area (Å²) in [6.07, 6.45) is 3.69. The van der Waals surface area contributed by atoms with Gasteiger partial charge in [0.2, 0.25) is 5.91 Å². The van der Waals surface area contributed by atoms with Crippen molar-refractivity contribution in [1.82, 2.24) is 34.4 Å². The Bertz CT molecular complexity index is 1640. The van der Waals surface area contributed by atoms with Crippen LogP contribution in [0.25, 0.3) is 27.9 Å². The van der Waals surface area contributed by atoms with Crippen LogP contribution in [0.1, 0.15) is 24.0 Å². The van der Waals surface area contributed by atoms with Crippen LogP contribution in [0.2, 0.25) is 0 Å². The van der Waals surface area contributed by atoms with Crippen LogP contribution in [-0.2, 0) is 11.8 Å². The van der Waals surface area contributed by atoms with Crippen molar-refractivity contribution < 1.29 is 4.79 Å². The minimum atomic E-state index is -0.362. The maximum atomic E-state index is 12.4. The first kappa shape index (κ1) is 22.3. The first-order valence-electron chi connectivity index (χ1n) is 11.2. The molecule has 35 heavy (non-hydrogen) atoms. The van der Waals surface area contributed by atoms with E-state index in [2.05, 4.69) is 37.5 Å². The second-order valence-electron chi connectivity index (χ2n) is 8.16. The monoisotopic (exact) mass is 464 g/mol. The molecule has 0 aliphatic heterocycles. The molecule has 5 aromatic rings. The fourth-order valence-electron chi connectivity index (χ4n) is 3.92. The normalized spacial score (nSPS) is 11.9. The van der Waals surface area contributed by atoms with Crippen molar-refractivity contribution in [3.05, 3.63) is 71.9 Å². The number of rotatable bonds is 4. The van der Waals surface area contributed by atoms with Crippen LogP contribution >= 0.6 is 0 Å². The van der Waals surface area contributed by atoms with Gasteiger partial charge >= 0.3 is 0 Å². The van der Waals surface area contributed by atoms with Crippen molar-refractivity contribution in [3.63, 3.8) is 0 Å². The van der Waals surface area contributed by atoms with Crippen molar-refractivity contribution in [2.45, 2.75) is 19.9 Å². The number of likely N-dealkylation sites (N-methyl/N-ethyl adjacent to an activating group) is 1. The zero-order valence-electron chi connectivity index (χ0n) is 19.9. The summed E-state index contributed by atoms with van der Waals surface area (Å²) in [5.74, 6) is 6.61. The maximum absolute atomic E-state index is 12.4. The average Bonchev–Trinajstić information content (AvgIpc) is 3.38. The van der Waals surface area contributed by atoms with Gasteiger partial charge in [0.05, 0.1) is 22.8 Å². The Hall–Kier alpha value is -4.55. The third kappa shape index (κ3) is 4.11. The molecule has 0 saturated heterocycles. The van der Waals surface area contributed by atoms with Gasteiger partial charge in [0.1, 0.15) is 22.9 Å². The smallest absolute Gasteiger partial charge is 0.242 e. The van der Waals surface area contributed by atoms with Crippen LogP contribution in [0.4, 0.5) is 5.82 Å². The van der Waals surface area contributed by atoms with Gasteiger partial charge in [-0.25, -0.2) is 19.6 Å². The second kappa shape index (κ2) is 9.00.